The smallest absolute Gasteiger partial charge is 0.241 e. The monoisotopic (exact) mass is 444 g/mol. The summed E-state index contributed by atoms with van der Waals surface area (Å²) in [4.78, 5) is 18.8. The molecule has 1 N–H and O–H groups in total. The highest BCUT2D eigenvalue weighted by atomic mass is 32.2. The van der Waals surface area contributed by atoms with Gasteiger partial charge in [0.1, 0.15) is 6.54 Å². The third-order valence-corrected chi connectivity index (χ3v) is 7.99. The number of rotatable bonds is 9. The molecule has 168 valence electrons. The molecule has 1 saturated heterocycles. The van der Waals surface area contributed by atoms with Crippen LogP contribution in [0.4, 0.5) is 0 Å². The summed E-state index contributed by atoms with van der Waals surface area (Å²) in [6, 6.07) is 8.25. The molecule has 1 aliphatic heterocycles. The predicted octanol–water partition coefficient (Wildman–Crippen LogP) is 2.28. The van der Waals surface area contributed by atoms with Crippen LogP contribution >= 0.6 is 0 Å². The van der Waals surface area contributed by atoms with E-state index in [2.05, 4.69) is 15.2 Å². The number of nitrogens with zero attached hydrogens (tertiary/aromatic N) is 3. The van der Waals surface area contributed by atoms with Gasteiger partial charge in [-0.05, 0) is 75.8 Å². The van der Waals surface area contributed by atoms with Gasteiger partial charge in [0.05, 0.1) is 22.3 Å². The minimum absolute atomic E-state index is 0.0421. The van der Waals surface area contributed by atoms with Crippen LogP contribution in [0.3, 0.4) is 0 Å². The van der Waals surface area contributed by atoms with Crippen LogP contribution < -0.4 is 5.32 Å². The molecule has 1 aliphatic carbocycles. The summed E-state index contributed by atoms with van der Waals surface area (Å²) in [6.45, 7) is 6.75. The molecule has 1 heterocycles. The molecule has 1 aromatic carbocycles. The Bertz CT molecular complexity index is 921. The molecule has 2 aliphatic rings. The molecule has 1 saturated carbocycles. The lowest BCUT2D eigenvalue weighted by molar-refractivity contribution is -0.120. The van der Waals surface area contributed by atoms with Gasteiger partial charge in [-0.15, -0.1) is 0 Å². The van der Waals surface area contributed by atoms with Gasteiger partial charge >= 0.3 is 0 Å². The second-order valence-corrected chi connectivity index (χ2v) is 11.1. The first-order valence-electron chi connectivity index (χ1n) is 11.0. The first-order valence-corrected chi connectivity index (χ1v) is 12.7. The van der Waals surface area contributed by atoms with Crippen LogP contribution in [0.1, 0.15) is 38.7 Å². The van der Waals surface area contributed by atoms with Crippen LogP contribution in [0.15, 0.2) is 34.2 Å². The second-order valence-electron chi connectivity index (χ2n) is 8.96. The Labute approximate surface area is 185 Å². The maximum atomic E-state index is 12.6. The van der Waals surface area contributed by atoms with Crippen molar-refractivity contribution in [1.82, 2.24) is 10.2 Å². The minimum atomic E-state index is -3.33. The topological polar surface area (TPSA) is 103 Å². The van der Waals surface area contributed by atoms with E-state index in [0.29, 0.717) is 29.7 Å². The van der Waals surface area contributed by atoms with E-state index in [9.17, 15) is 13.2 Å². The highest BCUT2D eigenvalue weighted by molar-refractivity contribution is 7.91. The maximum absolute atomic E-state index is 12.6. The van der Waals surface area contributed by atoms with Crippen LogP contribution in [-0.4, -0.2) is 63.4 Å². The van der Waals surface area contributed by atoms with Gasteiger partial charge in [-0.2, -0.15) is 5.26 Å². The lowest BCUT2D eigenvalue weighted by Gasteiger charge is -2.36. The maximum Gasteiger partial charge on any atom is 0.241 e. The van der Waals surface area contributed by atoms with Crippen LogP contribution in [0.2, 0.25) is 0 Å². The number of sulfone groups is 1. The zero-order valence-electron chi connectivity index (χ0n) is 18.3. The van der Waals surface area contributed by atoms with Gasteiger partial charge in [0.25, 0.3) is 0 Å². The fourth-order valence-electron chi connectivity index (χ4n) is 4.75. The third kappa shape index (κ3) is 6.37. The summed E-state index contributed by atoms with van der Waals surface area (Å²) in [5, 5.41) is 11.7. The number of piperidine rings is 1. The molecular weight excluding hydrogens is 412 g/mol. The number of benzene rings is 1. The van der Waals surface area contributed by atoms with Crippen molar-refractivity contribution in [3.05, 3.63) is 29.8 Å². The van der Waals surface area contributed by atoms with Crippen molar-refractivity contribution in [2.75, 3.05) is 31.9 Å². The average Bonchev–Trinajstić information content (AvgIpc) is 2.95. The van der Waals surface area contributed by atoms with Crippen molar-refractivity contribution < 1.29 is 13.2 Å². The summed E-state index contributed by atoms with van der Waals surface area (Å²) in [5.74, 6) is 1.56. The highest BCUT2D eigenvalue weighted by Crippen LogP contribution is 2.41. The lowest BCUT2D eigenvalue weighted by Crippen LogP contribution is -2.43. The van der Waals surface area contributed by atoms with Crippen molar-refractivity contribution in [3.63, 3.8) is 0 Å². The Hall–Kier alpha value is -2.24. The largest absolute Gasteiger partial charge is 0.352 e. The molecule has 0 spiro atoms. The van der Waals surface area contributed by atoms with E-state index in [1.165, 1.54) is 25.0 Å². The molecule has 0 aromatic heterocycles. The predicted molar refractivity (Wildman–Crippen MR) is 121 cm³/mol. The summed E-state index contributed by atoms with van der Waals surface area (Å²) in [6.07, 6.45) is 4.92. The molecule has 2 fully saturated rings. The van der Waals surface area contributed by atoms with Crippen LogP contribution in [-0.2, 0) is 14.6 Å². The molecule has 0 radical (unpaired) electrons. The molecule has 7 nitrogen and oxygen atoms in total. The molecule has 3 rings (SSSR count). The Balaban J connectivity index is 1.46. The fraction of sp³-hybridized carbons (Fsp3) is 0.609. The molecule has 2 bridgehead atoms. The van der Waals surface area contributed by atoms with Crippen LogP contribution in [0.5, 0.6) is 0 Å². The molecule has 1 aromatic rings. The van der Waals surface area contributed by atoms with Crippen molar-refractivity contribution in [2.24, 2.45) is 22.7 Å². The number of nitrogens with one attached hydrogen (secondary N) is 1. The van der Waals surface area contributed by atoms with E-state index >= 15 is 0 Å². The SMILES string of the molecule is CC(C)NC(=O)CN=CC1C2CCC1CN(CCCS(=O)(=O)c1ccc(C#N)cc1)C2. The zero-order valence-corrected chi connectivity index (χ0v) is 19.1. The van der Waals surface area contributed by atoms with E-state index < -0.39 is 9.84 Å². The standard InChI is InChI=1S/C23H32N4O3S/c1-17(2)26-23(28)14-25-13-22-19-6-7-20(22)16-27(15-19)10-3-11-31(29,30)21-8-4-18(12-24)5-9-21/h4-5,8-9,13,17,19-20,22H,3,6-7,10-11,14-16H2,1-2H3,(H,26,28). The Kier molecular flexibility index (Phi) is 7.84. The summed E-state index contributed by atoms with van der Waals surface area (Å²) < 4.78 is 25.1. The van der Waals surface area contributed by atoms with E-state index in [1.807, 2.05) is 26.1 Å². The van der Waals surface area contributed by atoms with Crippen molar-refractivity contribution in [2.45, 2.75) is 44.0 Å². The molecule has 1 amide bonds. The minimum Gasteiger partial charge on any atom is -0.352 e. The summed E-state index contributed by atoms with van der Waals surface area (Å²) in [5.41, 5.74) is 0.460. The fourth-order valence-corrected chi connectivity index (χ4v) is 6.04. The van der Waals surface area contributed by atoms with Gasteiger partial charge in [0.15, 0.2) is 9.84 Å². The van der Waals surface area contributed by atoms with Gasteiger partial charge in [-0.25, -0.2) is 8.42 Å². The third-order valence-electron chi connectivity index (χ3n) is 6.17. The van der Waals surface area contributed by atoms with E-state index in [1.54, 1.807) is 12.1 Å². The molecule has 2 atom stereocenters. The van der Waals surface area contributed by atoms with Crippen LogP contribution in [0.25, 0.3) is 0 Å². The number of carbonyl (C=O) groups excluding carboxylic acids is 1. The van der Waals surface area contributed by atoms with E-state index in [4.69, 9.17) is 5.26 Å². The molecule has 2 unspecified atom stereocenters. The quantitative estimate of drug-likeness (QED) is 0.589. The average molecular weight is 445 g/mol. The number of nitriles is 1. The molecule has 31 heavy (non-hydrogen) atoms. The lowest BCUT2D eigenvalue weighted by atomic mass is 9.86. The molecule has 8 heteroatoms. The first kappa shape index (κ1) is 23.4. The second kappa shape index (κ2) is 10.4. The van der Waals surface area contributed by atoms with Gasteiger partial charge < -0.3 is 10.2 Å². The normalized spacial score (nSPS) is 23.9. The number of hydrogen-bond donors (Lipinski definition) is 1. The summed E-state index contributed by atoms with van der Waals surface area (Å²) in [7, 11) is -3.33. The van der Waals surface area contributed by atoms with E-state index in [-0.39, 0.29) is 29.1 Å². The Morgan fingerprint density at radius 2 is 1.90 bits per heavy atom. The summed E-state index contributed by atoms with van der Waals surface area (Å²) >= 11 is 0. The number of aliphatic imine (C=N–C) groups is 1. The number of fused-ring (bicyclic) bond motifs is 2. The van der Waals surface area contributed by atoms with Crippen LogP contribution in [0, 0.1) is 29.1 Å². The van der Waals surface area contributed by atoms with Gasteiger partial charge in [0, 0.05) is 31.3 Å². The zero-order chi connectivity index (χ0) is 22.4. The van der Waals surface area contributed by atoms with E-state index in [0.717, 1.165) is 19.6 Å². The number of amides is 1. The number of carbonyl (C=O) groups is 1. The van der Waals surface area contributed by atoms with Gasteiger partial charge in [0.2, 0.25) is 5.91 Å². The van der Waals surface area contributed by atoms with Gasteiger partial charge in [-0.1, -0.05) is 0 Å². The van der Waals surface area contributed by atoms with Crippen molar-refractivity contribution in [1.29, 1.82) is 5.26 Å². The van der Waals surface area contributed by atoms with Gasteiger partial charge in [-0.3, -0.25) is 9.79 Å². The number of likely N-dealkylation sites (tertiary alicyclic amines) is 1. The first-order chi connectivity index (χ1) is 14.8. The Morgan fingerprint density at radius 1 is 1.26 bits per heavy atom. The highest BCUT2D eigenvalue weighted by Gasteiger charge is 2.40. The Morgan fingerprint density at radius 3 is 2.48 bits per heavy atom. The van der Waals surface area contributed by atoms with Crippen molar-refractivity contribution >= 4 is 22.0 Å². The van der Waals surface area contributed by atoms with Crippen molar-refractivity contribution in [3.8, 4) is 6.07 Å². The molecular formula is C23H32N4O3S. The number of hydrogen-bond acceptors (Lipinski definition) is 6.